The van der Waals surface area contributed by atoms with Gasteiger partial charge in [-0.2, -0.15) is 0 Å². The molecule has 8 rings (SSSR count). The minimum Gasteiger partial charge on any atom is -0.399 e. The third-order valence-corrected chi connectivity index (χ3v) is 12.3. The molecular weight excluding hydrogens is 679 g/mol. The van der Waals surface area contributed by atoms with Crippen LogP contribution in [0.1, 0.15) is 52.7 Å². The second-order valence-corrected chi connectivity index (χ2v) is 17.8. The molecule has 1 nitrogen and oxygen atoms in total. The third kappa shape index (κ3) is 7.64. The lowest BCUT2D eigenvalue weighted by atomic mass is 9.85. The summed E-state index contributed by atoms with van der Waals surface area (Å²) in [7, 11) is 0. The van der Waals surface area contributed by atoms with E-state index in [0.29, 0.717) is 0 Å². The van der Waals surface area contributed by atoms with Gasteiger partial charge in [-0.1, -0.05) is 169 Å². The van der Waals surface area contributed by atoms with Crippen LogP contribution in [0, 0.1) is 5.41 Å². The van der Waals surface area contributed by atoms with Crippen molar-refractivity contribution in [3.8, 4) is 22.3 Å². The Morgan fingerprint density at radius 3 is 1.72 bits per heavy atom. The predicted molar refractivity (Wildman–Crippen MR) is 239 cm³/mol. The van der Waals surface area contributed by atoms with E-state index in [4.69, 9.17) is 5.73 Å². The maximum Gasteiger partial charge on any atom is 0.0433 e. The molecule has 0 amide bonds. The van der Waals surface area contributed by atoms with Gasteiger partial charge in [0.25, 0.3) is 0 Å². The van der Waals surface area contributed by atoms with Crippen molar-refractivity contribution in [2.45, 2.75) is 47.0 Å². The van der Waals surface area contributed by atoms with Crippen molar-refractivity contribution in [3.63, 3.8) is 0 Å². The normalized spacial score (nSPS) is 12.5. The maximum atomic E-state index is 5.84. The van der Waals surface area contributed by atoms with Gasteiger partial charge in [-0.15, -0.1) is 22.7 Å². The molecule has 0 atom stereocenters. The lowest BCUT2D eigenvalue weighted by Gasteiger charge is -2.19. The molecular formula is C50H47NS2. The molecule has 0 radical (unpaired) electrons. The average molecular weight is 726 g/mol. The molecule has 264 valence electrons. The van der Waals surface area contributed by atoms with Gasteiger partial charge in [0.1, 0.15) is 0 Å². The van der Waals surface area contributed by atoms with Crippen LogP contribution in [-0.4, -0.2) is 0 Å². The molecule has 53 heavy (non-hydrogen) atoms. The van der Waals surface area contributed by atoms with Gasteiger partial charge >= 0.3 is 0 Å². The molecule has 0 fully saturated rings. The number of fused-ring (bicyclic) bond motifs is 6. The van der Waals surface area contributed by atoms with Gasteiger partial charge in [-0.05, 0) is 80.1 Å². The van der Waals surface area contributed by atoms with E-state index < -0.39 is 0 Å². The number of hydrogen-bond donors (Lipinski definition) is 1. The van der Waals surface area contributed by atoms with Crippen molar-refractivity contribution >= 4 is 74.8 Å². The Morgan fingerprint density at radius 1 is 0.585 bits per heavy atom. The third-order valence-electron chi connectivity index (χ3n) is 9.83. The van der Waals surface area contributed by atoms with Crippen molar-refractivity contribution in [1.29, 1.82) is 0 Å². The highest BCUT2D eigenvalue weighted by molar-refractivity contribution is 7.26. The summed E-state index contributed by atoms with van der Waals surface area (Å²) >= 11 is 3.75. The summed E-state index contributed by atoms with van der Waals surface area (Å²) in [5.74, 6) is 0. The topological polar surface area (TPSA) is 26.0 Å². The molecule has 0 aliphatic rings. The molecule has 2 N–H and O–H groups in total. The summed E-state index contributed by atoms with van der Waals surface area (Å²) in [4.78, 5) is 0. The predicted octanol–water partition coefficient (Wildman–Crippen LogP) is 15.5. The molecule has 0 saturated heterocycles. The highest BCUT2D eigenvalue weighted by atomic mass is 32.1. The summed E-state index contributed by atoms with van der Waals surface area (Å²) < 4.78 is 5.41. The Balaban J connectivity index is 0.000000167. The van der Waals surface area contributed by atoms with E-state index in [0.717, 1.165) is 5.69 Å². The van der Waals surface area contributed by atoms with Gasteiger partial charge in [-0.25, -0.2) is 0 Å². The molecule has 3 heteroatoms. The van der Waals surface area contributed by atoms with Gasteiger partial charge in [0.2, 0.25) is 0 Å². The minimum absolute atomic E-state index is 0.0987. The number of nitrogens with two attached hydrogens (primary N) is 1. The lowest BCUT2D eigenvalue weighted by molar-refractivity contribution is 0.517. The molecule has 2 aromatic heterocycles. The Labute approximate surface area is 322 Å². The van der Waals surface area contributed by atoms with Crippen LogP contribution in [0.2, 0.25) is 0 Å². The van der Waals surface area contributed by atoms with E-state index in [1.165, 1.54) is 79.3 Å². The first-order valence-electron chi connectivity index (χ1n) is 18.2. The molecule has 0 saturated carbocycles. The quantitative estimate of drug-likeness (QED) is 0.139. The molecule has 0 spiro atoms. The van der Waals surface area contributed by atoms with Crippen LogP contribution >= 0.6 is 22.7 Å². The van der Waals surface area contributed by atoms with Gasteiger partial charge < -0.3 is 5.73 Å². The lowest BCUT2D eigenvalue weighted by Crippen LogP contribution is -2.10. The second-order valence-electron chi connectivity index (χ2n) is 15.7. The molecule has 2 heterocycles. The van der Waals surface area contributed by atoms with Crippen molar-refractivity contribution in [3.05, 3.63) is 169 Å². The summed E-state index contributed by atoms with van der Waals surface area (Å²) in [6.45, 7) is 17.3. The zero-order valence-corrected chi connectivity index (χ0v) is 33.2. The summed E-state index contributed by atoms with van der Waals surface area (Å²) in [5.41, 5.74) is 15.8. The van der Waals surface area contributed by atoms with Crippen molar-refractivity contribution in [2.75, 3.05) is 5.73 Å². The van der Waals surface area contributed by atoms with Crippen molar-refractivity contribution < 1.29 is 0 Å². The maximum absolute atomic E-state index is 5.84. The number of nitrogen functional groups attached to an aromatic ring is 1. The number of allylic oxidation sites excluding steroid dienone is 4. The summed E-state index contributed by atoms with van der Waals surface area (Å²) in [6.07, 6.45) is 8.33. The Kier molecular flexibility index (Phi) is 10.00. The monoisotopic (exact) mass is 725 g/mol. The number of benzene rings is 6. The molecule has 0 bridgehead atoms. The number of hydrogen-bond acceptors (Lipinski definition) is 3. The van der Waals surface area contributed by atoms with E-state index in [-0.39, 0.29) is 10.8 Å². The van der Waals surface area contributed by atoms with Gasteiger partial charge in [0.15, 0.2) is 0 Å². The van der Waals surface area contributed by atoms with Crippen molar-refractivity contribution in [1.82, 2.24) is 0 Å². The highest BCUT2D eigenvalue weighted by Gasteiger charge is 2.17. The zero-order valence-electron chi connectivity index (χ0n) is 31.5. The fourth-order valence-electron chi connectivity index (χ4n) is 6.77. The summed E-state index contributed by atoms with van der Waals surface area (Å²) in [6, 6.07) is 45.8. The summed E-state index contributed by atoms with van der Waals surface area (Å²) in [5, 5.41) is 5.39. The molecule has 0 aliphatic carbocycles. The SMILES string of the molecule is C=C/C=C(\C=C/c1ccc(-c2cccc3c2sc2ccccc23)cc1)C(C)(C)C.CC(C)(C)c1ccc2sc3c(-c4ccc(N)cc4)cccc3c2c1. The average Bonchev–Trinajstić information content (AvgIpc) is 3.72. The fraction of sp³-hybridized carbons (Fsp3) is 0.160. The number of rotatable bonds is 5. The van der Waals surface area contributed by atoms with Crippen LogP contribution in [0.3, 0.4) is 0 Å². The molecule has 0 aliphatic heterocycles. The number of thiophene rings is 2. The van der Waals surface area contributed by atoms with E-state index in [1.54, 1.807) is 0 Å². The van der Waals surface area contributed by atoms with Crippen LogP contribution in [0.15, 0.2) is 158 Å². The Morgan fingerprint density at radius 2 is 1.13 bits per heavy atom. The first-order valence-corrected chi connectivity index (χ1v) is 19.9. The smallest absolute Gasteiger partial charge is 0.0433 e. The largest absolute Gasteiger partial charge is 0.399 e. The van der Waals surface area contributed by atoms with Crippen LogP contribution in [0.25, 0.3) is 68.7 Å². The van der Waals surface area contributed by atoms with E-state index in [2.05, 4.69) is 182 Å². The second kappa shape index (κ2) is 14.7. The fourth-order valence-corrected chi connectivity index (χ4v) is 9.23. The van der Waals surface area contributed by atoms with Gasteiger partial charge in [0.05, 0.1) is 0 Å². The number of anilines is 1. The molecule has 8 aromatic rings. The molecule has 0 unspecified atom stereocenters. The highest BCUT2D eigenvalue weighted by Crippen LogP contribution is 2.42. The van der Waals surface area contributed by atoms with Crippen LogP contribution in [-0.2, 0) is 5.41 Å². The minimum atomic E-state index is 0.0987. The van der Waals surface area contributed by atoms with Gasteiger partial charge in [0, 0.05) is 46.0 Å². The van der Waals surface area contributed by atoms with Gasteiger partial charge in [-0.3, -0.25) is 0 Å². The standard InChI is InChI=1S/C28H26S.C22H21NS/c1-5-9-22(28(2,3)4)19-16-20-14-17-21(18-15-20)23-11-8-12-25-24-10-6-7-13-26(24)29-27(23)25;1-22(2,3)15-9-12-20-19(13-15)18-6-4-5-17(21(18)24-20)14-7-10-16(23)11-8-14/h5-19H,1H2,2-4H3;4-13H,23H2,1-3H3/b19-16-,22-9+;. The van der Waals surface area contributed by atoms with Crippen molar-refractivity contribution in [2.24, 2.45) is 5.41 Å². The van der Waals surface area contributed by atoms with E-state index >= 15 is 0 Å². The van der Waals surface area contributed by atoms with Crippen LogP contribution in [0.5, 0.6) is 0 Å². The molecule has 6 aromatic carbocycles. The van der Waals surface area contributed by atoms with Crippen LogP contribution in [0.4, 0.5) is 5.69 Å². The Bertz CT molecular complexity index is 2630. The Hall–Kier alpha value is -5.22. The van der Waals surface area contributed by atoms with Crippen LogP contribution < -0.4 is 5.73 Å². The van der Waals surface area contributed by atoms with E-state index in [9.17, 15) is 0 Å². The first kappa shape index (κ1) is 36.2. The van der Waals surface area contributed by atoms with E-state index in [1.807, 2.05) is 40.9 Å². The first-order chi connectivity index (χ1) is 25.4. The zero-order chi connectivity index (χ0) is 37.3.